The summed E-state index contributed by atoms with van der Waals surface area (Å²) in [7, 11) is 3.08. The largest absolute Gasteiger partial charge is 0.497 e. The molecule has 1 unspecified atom stereocenters. The van der Waals surface area contributed by atoms with Crippen LogP contribution < -0.4 is 29.8 Å². The minimum absolute atomic E-state index is 0.0532. The molecule has 146 valence electrons. The molecule has 1 atom stereocenters. The highest BCUT2D eigenvalue weighted by molar-refractivity contribution is 5.94. The molecule has 0 bridgehead atoms. The molecule has 1 aliphatic rings. The van der Waals surface area contributed by atoms with Crippen LogP contribution in [0.2, 0.25) is 0 Å². The molecule has 0 saturated heterocycles. The molecule has 0 radical (unpaired) electrons. The second kappa shape index (κ2) is 8.81. The summed E-state index contributed by atoms with van der Waals surface area (Å²) in [6.45, 7) is 0.0532. The first-order chi connectivity index (χ1) is 13.6. The molecule has 0 saturated carbocycles. The Balaban J connectivity index is 1.53. The maximum absolute atomic E-state index is 12.2. The van der Waals surface area contributed by atoms with Gasteiger partial charge < -0.3 is 18.9 Å². The Morgan fingerprint density at radius 1 is 1.07 bits per heavy atom. The highest BCUT2D eigenvalue weighted by atomic mass is 16.6. The molecule has 0 aromatic heterocycles. The van der Waals surface area contributed by atoms with Crippen LogP contribution in [0.3, 0.4) is 0 Å². The average Bonchev–Trinajstić information content (AvgIpc) is 2.75. The van der Waals surface area contributed by atoms with Crippen LogP contribution in [0.5, 0.6) is 23.0 Å². The smallest absolute Gasteiger partial charge is 0.283 e. The normalized spacial score (nSPS) is 15.0. The first-order valence-corrected chi connectivity index (χ1v) is 8.49. The molecule has 2 amide bonds. The van der Waals surface area contributed by atoms with Crippen LogP contribution in [0.25, 0.3) is 6.08 Å². The van der Waals surface area contributed by atoms with Crippen LogP contribution in [-0.4, -0.2) is 38.7 Å². The van der Waals surface area contributed by atoms with Crippen molar-refractivity contribution in [1.82, 2.24) is 10.9 Å². The summed E-state index contributed by atoms with van der Waals surface area (Å²) >= 11 is 0. The quantitative estimate of drug-likeness (QED) is 0.602. The Labute approximate surface area is 162 Å². The van der Waals surface area contributed by atoms with Crippen LogP contribution in [0.1, 0.15) is 5.56 Å². The molecular weight excluding hydrogens is 364 g/mol. The number of methoxy groups -OCH3 is 2. The Kier molecular flexibility index (Phi) is 6.01. The van der Waals surface area contributed by atoms with E-state index >= 15 is 0 Å². The van der Waals surface area contributed by atoms with E-state index in [9.17, 15) is 9.59 Å². The zero-order valence-corrected chi connectivity index (χ0v) is 15.4. The molecular formula is C20H20N2O6. The molecule has 8 heteroatoms. The summed E-state index contributed by atoms with van der Waals surface area (Å²) in [5.41, 5.74) is 5.31. The lowest BCUT2D eigenvalue weighted by atomic mass is 10.1. The van der Waals surface area contributed by atoms with Gasteiger partial charge in [-0.05, 0) is 30.3 Å². The number of hydrogen-bond acceptors (Lipinski definition) is 6. The van der Waals surface area contributed by atoms with Crippen molar-refractivity contribution in [2.24, 2.45) is 0 Å². The van der Waals surface area contributed by atoms with Gasteiger partial charge in [0.05, 0.1) is 14.2 Å². The van der Waals surface area contributed by atoms with Crippen molar-refractivity contribution < 1.29 is 28.5 Å². The summed E-state index contributed by atoms with van der Waals surface area (Å²) in [5, 5.41) is 0. The first-order valence-electron chi connectivity index (χ1n) is 8.49. The van der Waals surface area contributed by atoms with Gasteiger partial charge in [0.25, 0.3) is 11.8 Å². The van der Waals surface area contributed by atoms with Crippen LogP contribution in [0, 0.1) is 0 Å². The maximum atomic E-state index is 12.2. The van der Waals surface area contributed by atoms with Crippen LogP contribution in [-0.2, 0) is 9.59 Å². The van der Waals surface area contributed by atoms with Crippen LogP contribution >= 0.6 is 0 Å². The lowest BCUT2D eigenvalue weighted by Gasteiger charge is -2.25. The van der Waals surface area contributed by atoms with Gasteiger partial charge in [0, 0.05) is 17.7 Å². The number of para-hydroxylation sites is 2. The van der Waals surface area contributed by atoms with Gasteiger partial charge in [0.15, 0.2) is 11.5 Å². The topological polar surface area (TPSA) is 95.1 Å². The van der Waals surface area contributed by atoms with E-state index in [1.54, 1.807) is 49.6 Å². The lowest BCUT2D eigenvalue weighted by Crippen LogP contribution is -2.50. The van der Waals surface area contributed by atoms with Crippen LogP contribution in [0.15, 0.2) is 48.5 Å². The Bertz CT molecular complexity index is 896. The zero-order chi connectivity index (χ0) is 19.9. The van der Waals surface area contributed by atoms with Gasteiger partial charge in [-0.15, -0.1) is 0 Å². The fourth-order valence-electron chi connectivity index (χ4n) is 2.52. The number of ether oxygens (including phenoxy) is 4. The van der Waals surface area contributed by atoms with Crippen molar-refractivity contribution >= 4 is 17.9 Å². The fourth-order valence-corrected chi connectivity index (χ4v) is 2.52. The Morgan fingerprint density at radius 2 is 1.86 bits per heavy atom. The highest BCUT2D eigenvalue weighted by Crippen LogP contribution is 2.30. The highest BCUT2D eigenvalue weighted by Gasteiger charge is 2.27. The maximum Gasteiger partial charge on any atom is 0.283 e. The monoisotopic (exact) mass is 384 g/mol. The summed E-state index contributed by atoms with van der Waals surface area (Å²) in [4.78, 5) is 24.1. The third kappa shape index (κ3) is 4.53. The number of nitrogens with one attached hydrogen (secondary N) is 2. The third-order valence-corrected chi connectivity index (χ3v) is 3.96. The van der Waals surface area contributed by atoms with Gasteiger partial charge in [0.1, 0.15) is 18.1 Å². The van der Waals surface area contributed by atoms with Crippen molar-refractivity contribution in [3.63, 3.8) is 0 Å². The number of fused-ring (bicyclic) bond motifs is 1. The SMILES string of the molecule is COc1ccc(C=CC(=O)NNC(=O)C2COc3ccccc3O2)c(OC)c1. The molecule has 1 heterocycles. The van der Waals surface area contributed by atoms with Crippen molar-refractivity contribution in [3.05, 3.63) is 54.1 Å². The number of carbonyl (C=O) groups is 2. The number of hydrazine groups is 1. The van der Waals surface area contributed by atoms with Gasteiger partial charge in [-0.3, -0.25) is 20.4 Å². The van der Waals surface area contributed by atoms with E-state index in [-0.39, 0.29) is 6.61 Å². The van der Waals surface area contributed by atoms with Gasteiger partial charge in [-0.25, -0.2) is 0 Å². The standard InChI is InChI=1S/C20H20N2O6/c1-25-14-9-7-13(17(11-14)26-2)8-10-19(23)21-22-20(24)18-12-27-15-5-3-4-6-16(15)28-18/h3-11,18H,12H2,1-2H3,(H,21,23)(H,22,24). The molecule has 2 aromatic carbocycles. The van der Waals surface area contributed by atoms with E-state index in [1.165, 1.54) is 13.2 Å². The molecule has 1 aliphatic heterocycles. The number of carbonyl (C=O) groups excluding carboxylic acids is 2. The number of hydrogen-bond donors (Lipinski definition) is 2. The molecule has 0 aliphatic carbocycles. The van der Waals surface area contributed by atoms with E-state index in [0.717, 1.165) is 0 Å². The molecule has 2 aromatic rings. The van der Waals surface area contributed by atoms with Gasteiger partial charge in [-0.2, -0.15) is 0 Å². The van der Waals surface area contributed by atoms with E-state index in [1.807, 2.05) is 6.07 Å². The second-order valence-corrected chi connectivity index (χ2v) is 5.78. The molecule has 8 nitrogen and oxygen atoms in total. The van der Waals surface area contributed by atoms with Crippen molar-refractivity contribution in [2.75, 3.05) is 20.8 Å². The first kappa shape index (κ1) is 19.1. The summed E-state index contributed by atoms with van der Waals surface area (Å²) in [6.07, 6.45) is 1.98. The lowest BCUT2D eigenvalue weighted by molar-refractivity contribution is -0.134. The zero-order valence-electron chi connectivity index (χ0n) is 15.4. The molecule has 28 heavy (non-hydrogen) atoms. The van der Waals surface area contributed by atoms with Gasteiger partial charge in [-0.1, -0.05) is 12.1 Å². The average molecular weight is 384 g/mol. The second-order valence-electron chi connectivity index (χ2n) is 5.78. The number of benzene rings is 2. The minimum atomic E-state index is -0.860. The summed E-state index contributed by atoms with van der Waals surface area (Å²) < 4.78 is 21.4. The molecule has 3 rings (SSSR count). The predicted molar refractivity (Wildman–Crippen MR) is 101 cm³/mol. The van der Waals surface area contributed by atoms with E-state index in [0.29, 0.717) is 28.6 Å². The van der Waals surface area contributed by atoms with Crippen LogP contribution in [0.4, 0.5) is 0 Å². The summed E-state index contributed by atoms with van der Waals surface area (Å²) in [6, 6.07) is 12.3. The van der Waals surface area contributed by atoms with Gasteiger partial charge >= 0.3 is 0 Å². The summed E-state index contributed by atoms with van der Waals surface area (Å²) in [5.74, 6) is 1.22. The van der Waals surface area contributed by atoms with Crippen molar-refractivity contribution in [2.45, 2.75) is 6.10 Å². The molecule has 0 fully saturated rings. The van der Waals surface area contributed by atoms with Gasteiger partial charge in [0.2, 0.25) is 6.10 Å². The third-order valence-electron chi connectivity index (χ3n) is 3.96. The van der Waals surface area contributed by atoms with E-state index in [4.69, 9.17) is 18.9 Å². The predicted octanol–water partition coefficient (Wildman–Crippen LogP) is 1.70. The van der Waals surface area contributed by atoms with E-state index in [2.05, 4.69) is 10.9 Å². The van der Waals surface area contributed by atoms with E-state index < -0.39 is 17.9 Å². The van der Waals surface area contributed by atoms with Crippen molar-refractivity contribution in [3.8, 4) is 23.0 Å². The molecule has 0 spiro atoms. The Hall–Kier alpha value is -3.68. The number of rotatable bonds is 5. The van der Waals surface area contributed by atoms with Crippen molar-refractivity contribution in [1.29, 1.82) is 0 Å². The number of amides is 2. The fraction of sp³-hybridized carbons (Fsp3) is 0.200. The Morgan fingerprint density at radius 3 is 2.61 bits per heavy atom. The molecule has 2 N–H and O–H groups in total. The minimum Gasteiger partial charge on any atom is -0.497 e.